The Kier molecular flexibility index (Phi) is 6.08. The Morgan fingerprint density at radius 3 is 2.67 bits per heavy atom. The van der Waals surface area contributed by atoms with Crippen LogP contribution >= 0.6 is 11.6 Å². The monoisotopic (exact) mass is 386 g/mol. The fourth-order valence-corrected chi connectivity index (χ4v) is 2.44. The van der Waals surface area contributed by atoms with Crippen molar-refractivity contribution in [1.29, 1.82) is 0 Å². The molecule has 0 aliphatic rings. The molecule has 1 aromatic heterocycles. The van der Waals surface area contributed by atoms with E-state index in [-0.39, 0.29) is 19.1 Å². The van der Waals surface area contributed by atoms with E-state index in [1.54, 1.807) is 30.3 Å². The molecular weight excluding hydrogens is 368 g/mol. The second-order valence-electron chi connectivity index (χ2n) is 6.18. The van der Waals surface area contributed by atoms with Crippen LogP contribution < -0.4 is 4.74 Å². The molecule has 3 aromatic rings. The fraction of sp³-hybridized carbons (Fsp3) is 0.250. The zero-order chi connectivity index (χ0) is 19.2. The number of carbonyl (C=O) groups excluding carboxylic acids is 1. The number of halogens is 1. The standard InChI is InChI=1S/C20H19ClN2O4/c1-13(2)15-4-3-5-17(10-15)25-12-19(24)26-11-18-22-23-20(27-18)14-6-8-16(21)9-7-14/h3-10,13H,11-12H2,1-2H3. The molecule has 0 spiro atoms. The number of hydrogen-bond acceptors (Lipinski definition) is 6. The van der Waals surface area contributed by atoms with E-state index in [4.69, 9.17) is 25.5 Å². The molecule has 0 atom stereocenters. The zero-order valence-corrected chi connectivity index (χ0v) is 15.8. The van der Waals surface area contributed by atoms with Gasteiger partial charge in [-0.1, -0.05) is 37.6 Å². The van der Waals surface area contributed by atoms with Gasteiger partial charge in [0, 0.05) is 10.6 Å². The van der Waals surface area contributed by atoms with E-state index >= 15 is 0 Å². The molecule has 1 heterocycles. The summed E-state index contributed by atoms with van der Waals surface area (Å²) in [6, 6.07) is 14.6. The largest absolute Gasteiger partial charge is 0.482 e. The van der Waals surface area contributed by atoms with Crippen LogP contribution in [0.2, 0.25) is 5.02 Å². The van der Waals surface area contributed by atoms with Gasteiger partial charge >= 0.3 is 5.97 Å². The maximum absolute atomic E-state index is 11.9. The number of esters is 1. The molecule has 0 aliphatic heterocycles. The molecule has 0 unspecified atom stereocenters. The van der Waals surface area contributed by atoms with E-state index in [0.29, 0.717) is 22.6 Å². The summed E-state index contributed by atoms with van der Waals surface area (Å²) in [4.78, 5) is 11.9. The molecule has 140 valence electrons. The molecule has 0 saturated carbocycles. The summed E-state index contributed by atoms with van der Waals surface area (Å²) >= 11 is 5.85. The van der Waals surface area contributed by atoms with Gasteiger partial charge in [-0.3, -0.25) is 0 Å². The van der Waals surface area contributed by atoms with Crippen molar-refractivity contribution in [2.45, 2.75) is 26.4 Å². The molecule has 0 amide bonds. The Bertz CT molecular complexity index is 906. The van der Waals surface area contributed by atoms with Gasteiger partial charge in [-0.15, -0.1) is 10.2 Å². The average Bonchev–Trinajstić information content (AvgIpc) is 3.14. The van der Waals surface area contributed by atoms with Gasteiger partial charge < -0.3 is 13.9 Å². The Morgan fingerprint density at radius 1 is 1.15 bits per heavy atom. The summed E-state index contributed by atoms with van der Waals surface area (Å²) in [5.41, 5.74) is 1.87. The van der Waals surface area contributed by atoms with Crippen molar-refractivity contribution < 1.29 is 18.7 Å². The van der Waals surface area contributed by atoms with Crippen molar-refractivity contribution in [1.82, 2.24) is 10.2 Å². The first-order valence-electron chi connectivity index (χ1n) is 8.48. The molecule has 3 rings (SSSR count). The van der Waals surface area contributed by atoms with Gasteiger partial charge in [-0.25, -0.2) is 4.79 Å². The van der Waals surface area contributed by atoms with Crippen molar-refractivity contribution in [3.63, 3.8) is 0 Å². The fourth-order valence-electron chi connectivity index (χ4n) is 2.31. The zero-order valence-electron chi connectivity index (χ0n) is 15.0. The molecule has 0 N–H and O–H groups in total. The summed E-state index contributed by atoms with van der Waals surface area (Å²) in [6.45, 7) is 3.88. The maximum atomic E-state index is 11.9. The van der Waals surface area contributed by atoms with Gasteiger partial charge in [0.1, 0.15) is 5.75 Å². The second-order valence-corrected chi connectivity index (χ2v) is 6.62. The third kappa shape index (κ3) is 5.31. The van der Waals surface area contributed by atoms with Gasteiger partial charge in [0.15, 0.2) is 13.2 Å². The number of benzene rings is 2. The van der Waals surface area contributed by atoms with Crippen LogP contribution in [0.5, 0.6) is 5.75 Å². The summed E-state index contributed by atoms with van der Waals surface area (Å²) in [7, 11) is 0. The maximum Gasteiger partial charge on any atom is 0.344 e. The first kappa shape index (κ1) is 18.9. The number of aromatic nitrogens is 2. The third-order valence-corrected chi connectivity index (χ3v) is 4.05. The molecule has 0 aliphatic carbocycles. The minimum atomic E-state index is -0.517. The smallest absolute Gasteiger partial charge is 0.344 e. The highest BCUT2D eigenvalue weighted by Gasteiger charge is 2.12. The molecule has 0 saturated heterocycles. The lowest BCUT2D eigenvalue weighted by Gasteiger charge is -2.09. The Balaban J connectivity index is 1.49. The lowest BCUT2D eigenvalue weighted by Crippen LogP contribution is -2.15. The molecule has 0 fully saturated rings. The summed E-state index contributed by atoms with van der Waals surface area (Å²) in [5, 5.41) is 8.42. The van der Waals surface area contributed by atoms with Gasteiger partial charge in [0.25, 0.3) is 5.89 Å². The molecule has 6 nitrogen and oxygen atoms in total. The van der Waals surface area contributed by atoms with E-state index in [2.05, 4.69) is 24.0 Å². The summed E-state index contributed by atoms with van der Waals surface area (Å²) < 4.78 is 16.1. The van der Waals surface area contributed by atoms with Crippen LogP contribution in [-0.2, 0) is 16.1 Å². The van der Waals surface area contributed by atoms with Crippen molar-refractivity contribution >= 4 is 17.6 Å². The SMILES string of the molecule is CC(C)c1cccc(OCC(=O)OCc2nnc(-c3ccc(Cl)cc3)o2)c1. The first-order chi connectivity index (χ1) is 13.0. The number of hydrogen-bond donors (Lipinski definition) is 0. The third-order valence-electron chi connectivity index (χ3n) is 3.80. The summed E-state index contributed by atoms with van der Waals surface area (Å²) in [5.74, 6) is 1.03. The molecule has 7 heteroatoms. The lowest BCUT2D eigenvalue weighted by atomic mass is 10.0. The van der Waals surface area contributed by atoms with Gasteiger partial charge in [-0.2, -0.15) is 0 Å². The summed E-state index contributed by atoms with van der Waals surface area (Å²) in [6.07, 6.45) is 0. The number of nitrogens with zero attached hydrogens (tertiary/aromatic N) is 2. The van der Waals surface area contributed by atoms with Crippen LogP contribution in [0.15, 0.2) is 52.9 Å². The Morgan fingerprint density at radius 2 is 1.93 bits per heavy atom. The van der Waals surface area contributed by atoms with E-state index in [1.165, 1.54) is 0 Å². The molecular formula is C20H19ClN2O4. The normalized spacial score (nSPS) is 10.8. The van der Waals surface area contributed by atoms with Gasteiger partial charge in [-0.05, 0) is 47.9 Å². The van der Waals surface area contributed by atoms with Gasteiger partial charge in [0.2, 0.25) is 5.89 Å². The van der Waals surface area contributed by atoms with Crippen LogP contribution in [0.4, 0.5) is 0 Å². The molecule has 0 bridgehead atoms. The number of ether oxygens (including phenoxy) is 2. The van der Waals surface area contributed by atoms with E-state index in [1.807, 2.05) is 18.2 Å². The minimum absolute atomic E-state index is 0.116. The van der Waals surface area contributed by atoms with Crippen molar-refractivity contribution in [3.8, 4) is 17.2 Å². The predicted octanol–water partition coefficient (Wildman–Crippen LogP) is 4.64. The quantitative estimate of drug-likeness (QED) is 0.551. The number of rotatable bonds is 7. The van der Waals surface area contributed by atoms with Crippen molar-refractivity contribution in [2.24, 2.45) is 0 Å². The van der Waals surface area contributed by atoms with Crippen LogP contribution in [0.25, 0.3) is 11.5 Å². The highest BCUT2D eigenvalue weighted by atomic mass is 35.5. The molecule has 2 aromatic carbocycles. The molecule has 0 radical (unpaired) electrons. The van der Waals surface area contributed by atoms with Crippen LogP contribution in [0, 0.1) is 0 Å². The minimum Gasteiger partial charge on any atom is -0.482 e. The molecule has 27 heavy (non-hydrogen) atoms. The average molecular weight is 387 g/mol. The highest BCUT2D eigenvalue weighted by Crippen LogP contribution is 2.21. The van der Waals surface area contributed by atoms with Crippen molar-refractivity contribution in [3.05, 3.63) is 65.0 Å². The van der Waals surface area contributed by atoms with Crippen LogP contribution in [0.3, 0.4) is 0 Å². The topological polar surface area (TPSA) is 74.5 Å². The van der Waals surface area contributed by atoms with Gasteiger partial charge in [0.05, 0.1) is 0 Å². The van der Waals surface area contributed by atoms with Crippen LogP contribution in [0.1, 0.15) is 31.2 Å². The number of carbonyl (C=O) groups is 1. The first-order valence-corrected chi connectivity index (χ1v) is 8.86. The van der Waals surface area contributed by atoms with E-state index < -0.39 is 5.97 Å². The predicted molar refractivity (Wildman–Crippen MR) is 101 cm³/mol. The Hall–Kier alpha value is -2.86. The van der Waals surface area contributed by atoms with Crippen molar-refractivity contribution in [2.75, 3.05) is 6.61 Å². The van der Waals surface area contributed by atoms with Crippen LogP contribution in [-0.4, -0.2) is 22.8 Å². The van der Waals surface area contributed by atoms with E-state index in [9.17, 15) is 4.79 Å². The van der Waals surface area contributed by atoms with E-state index in [0.717, 1.165) is 11.1 Å². The Labute approximate surface area is 162 Å². The second kappa shape index (κ2) is 8.68. The highest BCUT2D eigenvalue weighted by molar-refractivity contribution is 6.30. The lowest BCUT2D eigenvalue weighted by molar-refractivity contribution is -0.148.